The molecular formula is C35H38N6O4. The molecule has 0 N–H and O–H groups in total. The summed E-state index contributed by atoms with van der Waals surface area (Å²) in [4.78, 5) is 26.0. The second kappa shape index (κ2) is 12.9. The molecule has 1 aliphatic rings. The van der Waals surface area contributed by atoms with Gasteiger partial charge in [0.05, 0.1) is 11.1 Å². The van der Waals surface area contributed by atoms with Gasteiger partial charge in [0.25, 0.3) is 0 Å². The van der Waals surface area contributed by atoms with Crippen molar-refractivity contribution in [2.45, 2.75) is 39.6 Å². The van der Waals surface area contributed by atoms with Crippen molar-refractivity contribution in [2.75, 3.05) is 31.1 Å². The Hall–Kier alpha value is -5.12. The Morgan fingerprint density at radius 2 is 1.49 bits per heavy atom. The predicted octanol–water partition coefficient (Wildman–Crippen LogP) is 6.25. The number of fused-ring (bicyclic) bond motifs is 1. The average molecular weight is 607 g/mol. The summed E-state index contributed by atoms with van der Waals surface area (Å²) in [6.07, 6.45) is 1.57. The van der Waals surface area contributed by atoms with Crippen LogP contribution in [0.15, 0.2) is 85.1 Å². The van der Waals surface area contributed by atoms with Crippen molar-refractivity contribution >= 4 is 22.8 Å². The van der Waals surface area contributed by atoms with E-state index >= 15 is 0 Å². The number of hydrogen-bond acceptors (Lipinski definition) is 8. The molecule has 10 heteroatoms. The number of piperazine rings is 1. The number of amides is 1. The lowest BCUT2D eigenvalue weighted by atomic mass is 10.1. The summed E-state index contributed by atoms with van der Waals surface area (Å²) in [5.74, 6) is 1.74. The maximum atomic E-state index is 12.5. The van der Waals surface area contributed by atoms with Crippen LogP contribution in [0.25, 0.3) is 22.2 Å². The van der Waals surface area contributed by atoms with E-state index in [1.165, 1.54) is 0 Å². The molecule has 1 saturated heterocycles. The number of ether oxygens (including phenoxy) is 3. The molecule has 1 fully saturated rings. The van der Waals surface area contributed by atoms with E-state index in [0.717, 1.165) is 39.1 Å². The van der Waals surface area contributed by atoms with Gasteiger partial charge in [0.15, 0.2) is 0 Å². The summed E-state index contributed by atoms with van der Waals surface area (Å²) in [5, 5.41) is 5.77. The van der Waals surface area contributed by atoms with Gasteiger partial charge in [0, 0.05) is 56.9 Å². The quantitative estimate of drug-likeness (QED) is 0.205. The van der Waals surface area contributed by atoms with Crippen molar-refractivity contribution in [2.24, 2.45) is 7.05 Å². The van der Waals surface area contributed by atoms with Crippen molar-refractivity contribution in [1.29, 1.82) is 0 Å². The monoisotopic (exact) mass is 606 g/mol. The van der Waals surface area contributed by atoms with Crippen LogP contribution in [-0.4, -0.2) is 62.5 Å². The fraction of sp³-hybridized carbons (Fsp3) is 0.314. The number of rotatable bonds is 8. The van der Waals surface area contributed by atoms with E-state index in [9.17, 15) is 4.79 Å². The van der Waals surface area contributed by atoms with Gasteiger partial charge in [0.2, 0.25) is 11.8 Å². The summed E-state index contributed by atoms with van der Waals surface area (Å²) in [7, 11) is 1.92. The molecule has 4 heterocycles. The molecule has 1 amide bonds. The number of carbonyl (C=O) groups excluding carboxylic acids is 1. The van der Waals surface area contributed by atoms with Crippen molar-refractivity contribution < 1.29 is 19.0 Å². The fourth-order valence-corrected chi connectivity index (χ4v) is 5.21. The first-order chi connectivity index (χ1) is 21.7. The highest BCUT2D eigenvalue weighted by Crippen LogP contribution is 2.36. The largest absolute Gasteiger partial charge is 0.473 e. The SMILES string of the molecule is Cn1nc(-c2ccc(OCc3ccccc3)nc2OCc2ccccc2)c2cnc(N3CCN(C(=O)OC(C)(C)C)CC3)cc21. The second-order valence-electron chi connectivity index (χ2n) is 12.0. The molecule has 45 heavy (non-hydrogen) atoms. The molecule has 0 atom stereocenters. The predicted molar refractivity (Wildman–Crippen MR) is 173 cm³/mol. The van der Waals surface area contributed by atoms with E-state index in [4.69, 9.17) is 29.3 Å². The highest BCUT2D eigenvalue weighted by Gasteiger charge is 2.27. The van der Waals surface area contributed by atoms with Crippen LogP contribution in [0.1, 0.15) is 31.9 Å². The minimum atomic E-state index is -0.518. The van der Waals surface area contributed by atoms with Gasteiger partial charge in [-0.05, 0) is 38.0 Å². The van der Waals surface area contributed by atoms with Crippen molar-refractivity contribution in [1.82, 2.24) is 24.6 Å². The minimum Gasteiger partial charge on any atom is -0.473 e. The highest BCUT2D eigenvalue weighted by atomic mass is 16.6. The van der Waals surface area contributed by atoms with E-state index in [-0.39, 0.29) is 6.09 Å². The van der Waals surface area contributed by atoms with Gasteiger partial charge in [-0.15, -0.1) is 0 Å². The average Bonchev–Trinajstić information content (AvgIpc) is 3.38. The molecule has 5 aromatic rings. The number of aromatic nitrogens is 4. The molecule has 0 aliphatic carbocycles. The zero-order valence-electron chi connectivity index (χ0n) is 26.1. The van der Waals surface area contributed by atoms with E-state index in [1.54, 1.807) is 4.90 Å². The molecular weight excluding hydrogens is 568 g/mol. The van der Waals surface area contributed by atoms with Crippen molar-refractivity contribution in [3.05, 3.63) is 96.2 Å². The molecule has 0 saturated carbocycles. The van der Waals surface area contributed by atoms with Crippen LogP contribution in [0.4, 0.5) is 10.6 Å². The van der Waals surface area contributed by atoms with E-state index in [1.807, 2.05) is 118 Å². The van der Waals surface area contributed by atoms with Gasteiger partial charge in [-0.2, -0.15) is 10.1 Å². The fourth-order valence-electron chi connectivity index (χ4n) is 5.21. The van der Waals surface area contributed by atoms with Crippen molar-refractivity contribution in [3.8, 4) is 23.0 Å². The highest BCUT2D eigenvalue weighted by molar-refractivity contribution is 5.95. The van der Waals surface area contributed by atoms with Gasteiger partial charge in [-0.3, -0.25) is 4.68 Å². The van der Waals surface area contributed by atoms with Crippen LogP contribution in [-0.2, 0) is 25.0 Å². The van der Waals surface area contributed by atoms with Crippen LogP contribution in [0, 0.1) is 0 Å². The summed E-state index contributed by atoms with van der Waals surface area (Å²) < 4.78 is 19.7. The third-order valence-corrected chi connectivity index (χ3v) is 7.51. The Labute approximate surface area is 263 Å². The first-order valence-electron chi connectivity index (χ1n) is 15.1. The molecule has 1 aliphatic heterocycles. The van der Waals surface area contributed by atoms with Crippen LogP contribution in [0.5, 0.6) is 11.8 Å². The van der Waals surface area contributed by atoms with Gasteiger partial charge in [-0.1, -0.05) is 60.7 Å². The molecule has 0 unspecified atom stereocenters. The Balaban J connectivity index is 1.24. The summed E-state index contributed by atoms with van der Waals surface area (Å²) in [5.41, 5.74) is 3.98. The molecule has 6 rings (SSSR count). The smallest absolute Gasteiger partial charge is 0.410 e. The van der Waals surface area contributed by atoms with Crippen molar-refractivity contribution in [3.63, 3.8) is 0 Å². The number of benzene rings is 2. The topological polar surface area (TPSA) is 94.8 Å². The lowest BCUT2D eigenvalue weighted by molar-refractivity contribution is 0.0240. The van der Waals surface area contributed by atoms with Gasteiger partial charge in [0.1, 0.15) is 30.3 Å². The Bertz CT molecular complexity index is 1760. The van der Waals surface area contributed by atoms with Crippen LogP contribution in [0.3, 0.4) is 0 Å². The molecule has 0 radical (unpaired) electrons. The summed E-state index contributed by atoms with van der Waals surface area (Å²) >= 11 is 0. The standard InChI is InChI=1S/C35H38N6O4/c1-35(2,3)45-34(42)41-19-17-40(18-20-41)30-21-29-28(22-36-30)32(38-39(29)4)27-15-16-31(43-23-25-11-7-5-8-12-25)37-33(27)44-24-26-13-9-6-10-14-26/h5-16,21-22H,17-20,23-24H2,1-4H3. The zero-order valence-corrected chi connectivity index (χ0v) is 26.1. The van der Waals surface area contributed by atoms with Gasteiger partial charge >= 0.3 is 6.09 Å². The Morgan fingerprint density at radius 1 is 0.844 bits per heavy atom. The number of pyridine rings is 2. The Morgan fingerprint density at radius 3 is 2.13 bits per heavy atom. The van der Waals surface area contributed by atoms with Gasteiger partial charge < -0.3 is 24.0 Å². The van der Waals surface area contributed by atoms with E-state index in [0.29, 0.717) is 51.2 Å². The van der Waals surface area contributed by atoms with Crippen LogP contribution < -0.4 is 14.4 Å². The number of anilines is 1. The molecule has 2 aromatic carbocycles. The maximum Gasteiger partial charge on any atom is 0.410 e. The van der Waals surface area contributed by atoms with E-state index < -0.39 is 5.60 Å². The molecule has 0 bridgehead atoms. The molecule has 0 spiro atoms. The first-order valence-corrected chi connectivity index (χ1v) is 15.1. The normalized spacial score (nSPS) is 13.6. The first kappa shape index (κ1) is 29.9. The Kier molecular flexibility index (Phi) is 8.55. The summed E-state index contributed by atoms with van der Waals surface area (Å²) in [6, 6.07) is 25.8. The number of nitrogens with zero attached hydrogens (tertiary/aromatic N) is 6. The third kappa shape index (κ3) is 7.17. The lowest BCUT2D eigenvalue weighted by Gasteiger charge is -2.36. The minimum absolute atomic E-state index is 0.280. The van der Waals surface area contributed by atoms with E-state index in [2.05, 4.69) is 4.90 Å². The zero-order chi connectivity index (χ0) is 31.4. The second-order valence-corrected chi connectivity index (χ2v) is 12.0. The molecule has 3 aromatic heterocycles. The van der Waals surface area contributed by atoms with Crippen LogP contribution >= 0.6 is 0 Å². The number of carbonyl (C=O) groups is 1. The number of hydrogen-bond donors (Lipinski definition) is 0. The maximum absolute atomic E-state index is 12.5. The lowest BCUT2D eigenvalue weighted by Crippen LogP contribution is -2.50. The summed E-state index contributed by atoms with van der Waals surface area (Å²) in [6.45, 7) is 8.85. The van der Waals surface area contributed by atoms with Gasteiger partial charge in [-0.25, -0.2) is 9.78 Å². The molecule has 232 valence electrons. The van der Waals surface area contributed by atoms with Crippen LogP contribution in [0.2, 0.25) is 0 Å². The third-order valence-electron chi connectivity index (χ3n) is 7.51. The molecule has 10 nitrogen and oxygen atoms in total. The number of aryl methyl sites for hydroxylation is 1.